The predicted molar refractivity (Wildman–Crippen MR) is 55.5 cm³/mol. The summed E-state index contributed by atoms with van der Waals surface area (Å²) in [6.45, 7) is 2.63. The second kappa shape index (κ2) is 4.60. The molecule has 0 aliphatic carbocycles. The van der Waals surface area contributed by atoms with Crippen molar-refractivity contribution in [2.45, 2.75) is 31.2 Å². The third-order valence-corrected chi connectivity index (χ3v) is 3.47. The van der Waals surface area contributed by atoms with Gasteiger partial charge in [0, 0.05) is 32.3 Å². The molecular weight excluding hydrogens is 194 g/mol. The summed E-state index contributed by atoms with van der Waals surface area (Å²) in [7, 11) is 0. The highest BCUT2D eigenvalue weighted by molar-refractivity contribution is 5.90. The molecule has 0 bridgehead atoms. The number of ketones is 1. The second-order valence-electron chi connectivity index (χ2n) is 4.52. The van der Waals surface area contributed by atoms with E-state index in [-0.39, 0.29) is 11.7 Å². The number of carbonyl (C=O) groups excluding carboxylic acids is 1. The topological polar surface area (TPSA) is 61.6 Å². The third kappa shape index (κ3) is 2.38. The monoisotopic (exact) mass is 213 g/mol. The Balaban J connectivity index is 1.98. The van der Waals surface area contributed by atoms with Crippen LogP contribution in [-0.2, 0) is 14.3 Å². The molecule has 2 N–H and O–H groups in total. The summed E-state index contributed by atoms with van der Waals surface area (Å²) >= 11 is 0. The molecule has 2 rings (SSSR count). The van der Waals surface area contributed by atoms with Gasteiger partial charge in [0.2, 0.25) is 0 Å². The minimum atomic E-state index is -0.625. The van der Waals surface area contributed by atoms with E-state index >= 15 is 0 Å². The molecule has 4 heteroatoms. The van der Waals surface area contributed by atoms with E-state index in [4.69, 9.17) is 15.2 Å². The van der Waals surface area contributed by atoms with E-state index in [1.807, 2.05) is 0 Å². The van der Waals surface area contributed by atoms with Gasteiger partial charge in [-0.3, -0.25) is 4.79 Å². The van der Waals surface area contributed by atoms with E-state index in [0.717, 1.165) is 12.8 Å². The minimum Gasteiger partial charge on any atom is -0.381 e. The number of nitrogens with two attached hydrogens (primary N) is 1. The molecule has 0 atom stereocenters. The van der Waals surface area contributed by atoms with Gasteiger partial charge < -0.3 is 15.2 Å². The van der Waals surface area contributed by atoms with Gasteiger partial charge in [-0.05, 0) is 25.7 Å². The van der Waals surface area contributed by atoms with Crippen molar-refractivity contribution >= 4 is 5.78 Å². The van der Waals surface area contributed by atoms with Crippen LogP contribution in [0.2, 0.25) is 0 Å². The smallest absolute Gasteiger partial charge is 0.156 e. The Morgan fingerprint density at radius 2 is 1.60 bits per heavy atom. The Morgan fingerprint density at radius 1 is 1.07 bits per heavy atom. The van der Waals surface area contributed by atoms with Crippen LogP contribution >= 0.6 is 0 Å². The van der Waals surface area contributed by atoms with Crippen LogP contribution in [0.5, 0.6) is 0 Å². The molecule has 0 amide bonds. The molecule has 0 radical (unpaired) electrons. The summed E-state index contributed by atoms with van der Waals surface area (Å²) in [4.78, 5) is 12.2. The van der Waals surface area contributed by atoms with Crippen molar-refractivity contribution in [3.8, 4) is 0 Å². The lowest BCUT2D eigenvalue weighted by molar-refractivity contribution is -0.134. The lowest BCUT2D eigenvalue weighted by Crippen LogP contribution is -2.54. The SMILES string of the molecule is NC1(C(=O)C2CCOCC2)CCOCC1. The molecule has 2 saturated heterocycles. The molecule has 0 unspecified atom stereocenters. The van der Waals surface area contributed by atoms with Gasteiger partial charge in [-0.2, -0.15) is 0 Å². The summed E-state index contributed by atoms with van der Waals surface area (Å²) in [5.74, 6) is 0.343. The van der Waals surface area contributed by atoms with Crippen LogP contribution in [-0.4, -0.2) is 37.7 Å². The number of carbonyl (C=O) groups is 1. The third-order valence-electron chi connectivity index (χ3n) is 3.47. The van der Waals surface area contributed by atoms with E-state index in [0.29, 0.717) is 39.3 Å². The van der Waals surface area contributed by atoms with Gasteiger partial charge in [-0.25, -0.2) is 0 Å². The van der Waals surface area contributed by atoms with Gasteiger partial charge in [0.15, 0.2) is 5.78 Å². The van der Waals surface area contributed by atoms with Crippen LogP contribution in [0.4, 0.5) is 0 Å². The van der Waals surface area contributed by atoms with Gasteiger partial charge in [0.25, 0.3) is 0 Å². The first-order valence-electron chi connectivity index (χ1n) is 5.71. The highest BCUT2D eigenvalue weighted by Gasteiger charge is 2.39. The quantitative estimate of drug-likeness (QED) is 0.725. The van der Waals surface area contributed by atoms with Crippen LogP contribution in [0.3, 0.4) is 0 Å². The van der Waals surface area contributed by atoms with Crippen LogP contribution in [0, 0.1) is 5.92 Å². The van der Waals surface area contributed by atoms with Crippen LogP contribution in [0.1, 0.15) is 25.7 Å². The summed E-state index contributed by atoms with van der Waals surface area (Å²) in [5, 5.41) is 0. The van der Waals surface area contributed by atoms with E-state index in [1.165, 1.54) is 0 Å². The molecule has 0 saturated carbocycles. The molecule has 2 aliphatic rings. The number of hydrogen-bond acceptors (Lipinski definition) is 4. The molecular formula is C11H19NO3. The number of rotatable bonds is 2. The number of Topliss-reactive ketones (excluding diaryl/α,β-unsaturated/α-hetero) is 1. The Hall–Kier alpha value is -0.450. The Kier molecular flexibility index (Phi) is 3.38. The summed E-state index contributed by atoms with van der Waals surface area (Å²) in [6, 6.07) is 0. The van der Waals surface area contributed by atoms with Crippen molar-refractivity contribution < 1.29 is 14.3 Å². The lowest BCUT2D eigenvalue weighted by atomic mass is 9.78. The summed E-state index contributed by atoms with van der Waals surface area (Å²) in [5.41, 5.74) is 5.54. The van der Waals surface area contributed by atoms with Gasteiger partial charge in [0.05, 0.1) is 5.54 Å². The number of hydrogen-bond donors (Lipinski definition) is 1. The van der Waals surface area contributed by atoms with Crippen LogP contribution < -0.4 is 5.73 Å². The van der Waals surface area contributed by atoms with Crippen LogP contribution in [0.15, 0.2) is 0 Å². The maximum atomic E-state index is 12.2. The molecule has 2 aliphatic heterocycles. The first kappa shape index (κ1) is 11.0. The molecule has 2 fully saturated rings. The first-order valence-corrected chi connectivity index (χ1v) is 5.71. The fraction of sp³-hybridized carbons (Fsp3) is 0.909. The van der Waals surface area contributed by atoms with E-state index in [2.05, 4.69) is 0 Å². The number of ether oxygens (including phenoxy) is 2. The van der Waals surface area contributed by atoms with Crippen molar-refractivity contribution in [1.29, 1.82) is 0 Å². The van der Waals surface area contributed by atoms with Gasteiger partial charge in [-0.15, -0.1) is 0 Å². The van der Waals surface area contributed by atoms with Crippen molar-refractivity contribution in [2.24, 2.45) is 11.7 Å². The van der Waals surface area contributed by atoms with E-state index < -0.39 is 5.54 Å². The maximum Gasteiger partial charge on any atom is 0.156 e. The normalized spacial score (nSPS) is 27.5. The second-order valence-corrected chi connectivity index (χ2v) is 4.52. The minimum absolute atomic E-state index is 0.113. The highest BCUT2D eigenvalue weighted by atomic mass is 16.5. The molecule has 86 valence electrons. The van der Waals surface area contributed by atoms with Crippen molar-refractivity contribution in [3.63, 3.8) is 0 Å². The zero-order chi connectivity index (χ0) is 10.7. The maximum absolute atomic E-state index is 12.2. The van der Waals surface area contributed by atoms with E-state index in [9.17, 15) is 4.79 Å². The molecule has 0 aromatic carbocycles. The Labute approximate surface area is 90.1 Å². The largest absolute Gasteiger partial charge is 0.381 e. The Bertz CT molecular complexity index is 230. The first-order chi connectivity index (χ1) is 7.22. The zero-order valence-electron chi connectivity index (χ0n) is 9.04. The van der Waals surface area contributed by atoms with Gasteiger partial charge >= 0.3 is 0 Å². The molecule has 15 heavy (non-hydrogen) atoms. The fourth-order valence-corrected chi connectivity index (χ4v) is 2.35. The average Bonchev–Trinajstić information content (AvgIpc) is 2.30. The van der Waals surface area contributed by atoms with Gasteiger partial charge in [-0.1, -0.05) is 0 Å². The van der Waals surface area contributed by atoms with E-state index in [1.54, 1.807) is 0 Å². The molecule has 0 aromatic heterocycles. The molecule has 0 spiro atoms. The molecule has 0 aromatic rings. The molecule has 2 heterocycles. The van der Waals surface area contributed by atoms with Crippen molar-refractivity contribution in [2.75, 3.05) is 26.4 Å². The summed E-state index contributed by atoms with van der Waals surface area (Å²) < 4.78 is 10.5. The van der Waals surface area contributed by atoms with Gasteiger partial charge in [0.1, 0.15) is 0 Å². The van der Waals surface area contributed by atoms with Crippen molar-refractivity contribution in [1.82, 2.24) is 0 Å². The predicted octanol–water partition coefficient (Wildman–Crippen LogP) is 0.490. The van der Waals surface area contributed by atoms with Crippen LogP contribution in [0.25, 0.3) is 0 Å². The molecule has 4 nitrogen and oxygen atoms in total. The standard InChI is InChI=1S/C11H19NO3/c12-11(3-7-15-8-4-11)10(13)9-1-5-14-6-2-9/h9H,1-8,12H2. The zero-order valence-corrected chi connectivity index (χ0v) is 9.04. The lowest BCUT2D eigenvalue weighted by Gasteiger charge is -2.35. The average molecular weight is 213 g/mol. The Morgan fingerprint density at radius 3 is 2.20 bits per heavy atom. The fourth-order valence-electron chi connectivity index (χ4n) is 2.35. The van der Waals surface area contributed by atoms with Crippen molar-refractivity contribution in [3.05, 3.63) is 0 Å². The highest BCUT2D eigenvalue weighted by Crippen LogP contribution is 2.27. The summed E-state index contributed by atoms with van der Waals surface area (Å²) in [6.07, 6.45) is 3.00.